The van der Waals surface area contributed by atoms with Crippen molar-refractivity contribution in [2.24, 2.45) is 0 Å². The monoisotopic (exact) mass is 257 g/mol. The van der Waals surface area contributed by atoms with Gasteiger partial charge in [-0.2, -0.15) is 0 Å². The van der Waals surface area contributed by atoms with Crippen molar-refractivity contribution in [3.63, 3.8) is 0 Å². The van der Waals surface area contributed by atoms with Crippen molar-refractivity contribution < 1.29 is 9.47 Å². The summed E-state index contributed by atoms with van der Waals surface area (Å²) in [5, 5.41) is 0. The molecular formula is C16H19NO2. The van der Waals surface area contributed by atoms with E-state index in [1.165, 1.54) is 0 Å². The van der Waals surface area contributed by atoms with Crippen molar-refractivity contribution in [2.75, 3.05) is 18.9 Å². The first kappa shape index (κ1) is 13.3. The molecular weight excluding hydrogens is 238 g/mol. The molecule has 0 radical (unpaired) electrons. The van der Waals surface area contributed by atoms with Gasteiger partial charge in [-0.1, -0.05) is 24.3 Å². The summed E-state index contributed by atoms with van der Waals surface area (Å²) in [4.78, 5) is 0. The van der Waals surface area contributed by atoms with Gasteiger partial charge in [0, 0.05) is 0 Å². The zero-order chi connectivity index (χ0) is 13.7. The number of benzene rings is 2. The second-order valence-corrected chi connectivity index (χ2v) is 4.51. The molecule has 100 valence electrons. The maximum Gasteiger partial charge on any atom is 0.145 e. The smallest absolute Gasteiger partial charge is 0.145 e. The fraction of sp³-hybridized carbons (Fsp3) is 0.250. The van der Waals surface area contributed by atoms with Crippen LogP contribution in [0.15, 0.2) is 42.5 Å². The lowest BCUT2D eigenvalue weighted by Gasteiger charge is -2.13. The highest BCUT2D eigenvalue weighted by atomic mass is 16.5. The van der Waals surface area contributed by atoms with Crippen LogP contribution in [0.25, 0.3) is 0 Å². The summed E-state index contributed by atoms with van der Waals surface area (Å²) in [7, 11) is 0. The maximum absolute atomic E-state index is 5.95. The van der Waals surface area contributed by atoms with E-state index in [2.05, 4.69) is 6.07 Å². The van der Waals surface area contributed by atoms with Gasteiger partial charge in [-0.3, -0.25) is 0 Å². The van der Waals surface area contributed by atoms with Gasteiger partial charge < -0.3 is 15.2 Å². The molecule has 2 aromatic carbocycles. The number of anilines is 1. The molecule has 0 heterocycles. The maximum atomic E-state index is 5.95. The van der Waals surface area contributed by atoms with E-state index >= 15 is 0 Å². The Kier molecular flexibility index (Phi) is 4.29. The molecule has 19 heavy (non-hydrogen) atoms. The van der Waals surface area contributed by atoms with Gasteiger partial charge in [0.2, 0.25) is 0 Å². The lowest BCUT2D eigenvalue weighted by molar-refractivity contribution is 0.217. The van der Waals surface area contributed by atoms with Crippen molar-refractivity contribution in [3.05, 3.63) is 53.6 Å². The number of aryl methyl sites for hydroxylation is 2. The number of nitrogens with two attached hydrogens (primary N) is 1. The summed E-state index contributed by atoms with van der Waals surface area (Å²) < 4.78 is 11.3. The SMILES string of the molecule is Cc1cc(C)c(OCCOc2ccccc2)c(N)c1. The molecule has 3 heteroatoms. The lowest BCUT2D eigenvalue weighted by Crippen LogP contribution is -2.10. The first-order valence-corrected chi connectivity index (χ1v) is 6.34. The average molecular weight is 257 g/mol. The van der Waals surface area contributed by atoms with Crippen LogP contribution in [-0.4, -0.2) is 13.2 Å². The summed E-state index contributed by atoms with van der Waals surface area (Å²) in [6, 6.07) is 13.7. The Morgan fingerprint density at radius 3 is 2.32 bits per heavy atom. The van der Waals surface area contributed by atoms with E-state index in [9.17, 15) is 0 Å². The highest BCUT2D eigenvalue weighted by molar-refractivity contribution is 5.58. The molecule has 0 amide bonds. The zero-order valence-corrected chi connectivity index (χ0v) is 11.3. The van der Waals surface area contributed by atoms with Gasteiger partial charge in [-0.05, 0) is 43.2 Å². The van der Waals surface area contributed by atoms with Crippen molar-refractivity contribution >= 4 is 5.69 Å². The fourth-order valence-electron chi connectivity index (χ4n) is 2.00. The van der Waals surface area contributed by atoms with Crippen LogP contribution in [0.3, 0.4) is 0 Å². The van der Waals surface area contributed by atoms with Gasteiger partial charge in [0.15, 0.2) is 0 Å². The molecule has 0 spiro atoms. The Morgan fingerprint density at radius 1 is 0.947 bits per heavy atom. The first-order valence-electron chi connectivity index (χ1n) is 6.34. The van der Waals surface area contributed by atoms with Gasteiger partial charge in [0.1, 0.15) is 24.7 Å². The van der Waals surface area contributed by atoms with Crippen LogP contribution in [0.2, 0.25) is 0 Å². The third-order valence-electron chi connectivity index (χ3n) is 2.79. The van der Waals surface area contributed by atoms with Crippen LogP contribution in [0.4, 0.5) is 5.69 Å². The van der Waals surface area contributed by atoms with Gasteiger partial charge in [0.25, 0.3) is 0 Å². The van der Waals surface area contributed by atoms with Gasteiger partial charge in [-0.25, -0.2) is 0 Å². The van der Waals surface area contributed by atoms with Gasteiger partial charge in [-0.15, -0.1) is 0 Å². The van der Waals surface area contributed by atoms with Crippen molar-refractivity contribution in [1.82, 2.24) is 0 Å². The third-order valence-corrected chi connectivity index (χ3v) is 2.79. The summed E-state index contributed by atoms with van der Waals surface area (Å²) in [5.74, 6) is 1.60. The number of rotatable bonds is 5. The van der Waals surface area contributed by atoms with E-state index in [0.29, 0.717) is 18.9 Å². The summed E-state index contributed by atoms with van der Waals surface area (Å²) in [6.45, 7) is 4.99. The summed E-state index contributed by atoms with van der Waals surface area (Å²) in [5.41, 5.74) is 8.82. The topological polar surface area (TPSA) is 44.5 Å². The Bertz CT molecular complexity index is 515. The molecule has 0 aliphatic carbocycles. The molecule has 2 rings (SSSR count). The Labute approximate surface area is 114 Å². The second kappa shape index (κ2) is 6.14. The normalized spacial score (nSPS) is 10.2. The number of hydrogen-bond donors (Lipinski definition) is 1. The van der Waals surface area contributed by atoms with Crippen LogP contribution in [-0.2, 0) is 0 Å². The molecule has 0 saturated carbocycles. The van der Waals surface area contributed by atoms with E-state index in [1.54, 1.807) is 0 Å². The van der Waals surface area contributed by atoms with E-state index in [-0.39, 0.29) is 0 Å². The summed E-state index contributed by atoms with van der Waals surface area (Å²) >= 11 is 0. The van der Waals surface area contributed by atoms with Gasteiger partial charge >= 0.3 is 0 Å². The highest BCUT2D eigenvalue weighted by Crippen LogP contribution is 2.27. The van der Waals surface area contributed by atoms with Crippen molar-refractivity contribution in [3.8, 4) is 11.5 Å². The molecule has 0 bridgehead atoms. The van der Waals surface area contributed by atoms with E-state index in [4.69, 9.17) is 15.2 Å². The van der Waals surface area contributed by atoms with E-state index in [0.717, 1.165) is 22.6 Å². The van der Waals surface area contributed by atoms with Gasteiger partial charge in [0.05, 0.1) is 5.69 Å². The zero-order valence-electron chi connectivity index (χ0n) is 11.3. The minimum Gasteiger partial charge on any atom is -0.490 e. The molecule has 0 unspecified atom stereocenters. The van der Waals surface area contributed by atoms with E-state index in [1.807, 2.05) is 50.2 Å². The fourth-order valence-corrected chi connectivity index (χ4v) is 2.00. The minimum atomic E-state index is 0.475. The molecule has 0 aliphatic rings. The molecule has 3 nitrogen and oxygen atoms in total. The highest BCUT2D eigenvalue weighted by Gasteiger charge is 2.05. The predicted molar refractivity (Wildman–Crippen MR) is 77.8 cm³/mol. The minimum absolute atomic E-state index is 0.475. The number of ether oxygens (including phenoxy) is 2. The first-order chi connectivity index (χ1) is 9.16. The number of para-hydroxylation sites is 1. The molecule has 2 aromatic rings. The van der Waals surface area contributed by atoms with Crippen LogP contribution in [0.5, 0.6) is 11.5 Å². The van der Waals surface area contributed by atoms with Crippen LogP contribution >= 0.6 is 0 Å². The molecule has 0 saturated heterocycles. The molecule has 2 N–H and O–H groups in total. The standard InChI is InChI=1S/C16H19NO2/c1-12-10-13(2)16(15(17)11-12)19-9-8-18-14-6-4-3-5-7-14/h3-7,10-11H,8-9,17H2,1-2H3. The molecule has 0 aromatic heterocycles. The van der Waals surface area contributed by atoms with Crippen molar-refractivity contribution in [1.29, 1.82) is 0 Å². The summed E-state index contributed by atoms with van der Waals surface area (Å²) in [6.07, 6.45) is 0. The Balaban J connectivity index is 1.86. The Morgan fingerprint density at radius 2 is 1.63 bits per heavy atom. The molecule has 0 fully saturated rings. The number of nitrogen functional groups attached to an aromatic ring is 1. The number of hydrogen-bond acceptors (Lipinski definition) is 3. The van der Waals surface area contributed by atoms with Crippen molar-refractivity contribution in [2.45, 2.75) is 13.8 Å². The largest absolute Gasteiger partial charge is 0.490 e. The van der Waals surface area contributed by atoms with E-state index < -0.39 is 0 Å². The molecule has 0 aliphatic heterocycles. The second-order valence-electron chi connectivity index (χ2n) is 4.51. The quantitative estimate of drug-likeness (QED) is 0.660. The Hall–Kier alpha value is -2.16. The van der Waals surface area contributed by atoms with Crippen LogP contribution in [0.1, 0.15) is 11.1 Å². The van der Waals surface area contributed by atoms with Crippen LogP contribution < -0.4 is 15.2 Å². The lowest BCUT2D eigenvalue weighted by atomic mass is 10.1. The molecule has 0 atom stereocenters. The third kappa shape index (κ3) is 3.65. The van der Waals surface area contributed by atoms with Crippen LogP contribution in [0, 0.1) is 13.8 Å². The predicted octanol–water partition coefficient (Wildman–Crippen LogP) is 3.34. The average Bonchev–Trinajstić information content (AvgIpc) is 2.38.